The van der Waals surface area contributed by atoms with Crippen LogP contribution in [0.4, 0.5) is 5.69 Å². The third-order valence-electron chi connectivity index (χ3n) is 3.14. The number of hydrogen-bond acceptors (Lipinski definition) is 4. The average Bonchev–Trinajstić information content (AvgIpc) is 2.46. The van der Waals surface area contributed by atoms with Gasteiger partial charge in [-0.05, 0) is 49.2 Å². The van der Waals surface area contributed by atoms with E-state index in [9.17, 15) is 13.2 Å². The largest absolute Gasteiger partial charge is 0.484 e. The van der Waals surface area contributed by atoms with Crippen LogP contribution in [-0.2, 0) is 14.8 Å². The Morgan fingerprint density at radius 3 is 2.57 bits per heavy atom. The van der Waals surface area contributed by atoms with Crippen molar-refractivity contribution in [1.29, 1.82) is 0 Å². The van der Waals surface area contributed by atoms with Gasteiger partial charge in [-0.15, -0.1) is 0 Å². The molecule has 0 atom stereocenters. The van der Waals surface area contributed by atoms with Gasteiger partial charge >= 0.3 is 0 Å². The molecule has 7 heteroatoms. The number of carbonyl (C=O) groups excluding carboxylic acids is 1. The number of carbonyl (C=O) groups is 1. The first-order valence-electron chi connectivity index (χ1n) is 6.88. The molecule has 0 aromatic heterocycles. The number of nitrogens with two attached hydrogens (primary N) is 1. The number of primary sulfonamides is 1. The molecule has 6 nitrogen and oxygen atoms in total. The fraction of sp³-hybridized carbons (Fsp3) is 0.188. The van der Waals surface area contributed by atoms with Crippen molar-refractivity contribution in [2.24, 2.45) is 5.14 Å². The molecule has 0 spiro atoms. The summed E-state index contributed by atoms with van der Waals surface area (Å²) in [6.07, 6.45) is 0. The number of aryl methyl sites for hydroxylation is 2. The van der Waals surface area contributed by atoms with E-state index >= 15 is 0 Å². The fourth-order valence-corrected chi connectivity index (χ4v) is 2.84. The molecule has 2 rings (SSSR count). The molecule has 0 saturated carbocycles. The molecule has 0 heterocycles. The molecule has 2 aromatic rings. The van der Waals surface area contributed by atoms with Crippen LogP contribution in [0.3, 0.4) is 0 Å². The highest BCUT2D eigenvalue weighted by Crippen LogP contribution is 2.19. The van der Waals surface area contributed by atoms with Crippen molar-refractivity contribution < 1.29 is 17.9 Å². The van der Waals surface area contributed by atoms with Gasteiger partial charge < -0.3 is 10.1 Å². The predicted octanol–water partition coefficient (Wildman–Crippen LogP) is 1.97. The van der Waals surface area contributed by atoms with E-state index < -0.39 is 15.9 Å². The summed E-state index contributed by atoms with van der Waals surface area (Å²) < 4.78 is 28.3. The lowest BCUT2D eigenvalue weighted by atomic mass is 10.2. The maximum absolute atomic E-state index is 11.9. The Bertz CT molecular complexity index is 832. The van der Waals surface area contributed by atoms with E-state index in [0.717, 1.165) is 5.56 Å². The molecule has 0 saturated heterocycles. The number of amides is 1. The molecule has 3 N–H and O–H groups in total. The second-order valence-electron chi connectivity index (χ2n) is 5.18. The topological polar surface area (TPSA) is 98.5 Å². The molecule has 0 unspecified atom stereocenters. The third kappa shape index (κ3) is 4.80. The molecule has 0 aliphatic heterocycles. The van der Waals surface area contributed by atoms with Crippen molar-refractivity contribution in [3.05, 3.63) is 53.6 Å². The zero-order chi connectivity index (χ0) is 17.0. The monoisotopic (exact) mass is 334 g/mol. The second kappa shape index (κ2) is 6.80. The SMILES string of the molecule is Cc1cccc(OCC(=O)Nc2ccc(C)c(S(N)(=O)=O)c2)c1. The van der Waals surface area contributed by atoms with Gasteiger partial charge in [0.1, 0.15) is 5.75 Å². The standard InChI is InChI=1S/C16H18N2O4S/c1-11-4-3-5-14(8-11)22-10-16(19)18-13-7-6-12(2)15(9-13)23(17,20)21/h3-9H,10H2,1-2H3,(H,18,19)(H2,17,20,21). The minimum absolute atomic E-state index is 0.0186. The van der Waals surface area contributed by atoms with Crippen LogP contribution in [-0.4, -0.2) is 20.9 Å². The molecule has 23 heavy (non-hydrogen) atoms. The number of sulfonamides is 1. The molecule has 0 aliphatic rings. The van der Waals surface area contributed by atoms with E-state index in [1.165, 1.54) is 6.07 Å². The lowest BCUT2D eigenvalue weighted by Gasteiger charge is -2.10. The zero-order valence-corrected chi connectivity index (χ0v) is 13.7. The smallest absolute Gasteiger partial charge is 0.262 e. The summed E-state index contributed by atoms with van der Waals surface area (Å²) in [5.41, 5.74) is 1.89. The van der Waals surface area contributed by atoms with E-state index in [-0.39, 0.29) is 11.5 Å². The van der Waals surface area contributed by atoms with Crippen molar-refractivity contribution in [3.8, 4) is 5.75 Å². The van der Waals surface area contributed by atoms with Crippen molar-refractivity contribution >= 4 is 21.6 Å². The predicted molar refractivity (Wildman–Crippen MR) is 87.9 cm³/mol. The number of benzene rings is 2. The van der Waals surface area contributed by atoms with E-state index in [4.69, 9.17) is 9.88 Å². The number of anilines is 1. The van der Waals surface area contributed by atoms with Gasteiger partial charge in [0, 0.05) is 5.69 Å². The number of ether oxygens (including phenoxy) is 1. The molecule has 2 aromatic carbocycles. The summed E-state index contributed by atoms with van der Waals surface area (Å²) in [5.74, 6) is 0.199. The van der Waals surface area contributed by atoms with Crippen molar-refractivity contribution in [2.45, 2.75) is 18.7 Å². The van der Waals surface area contributed by atoms with E-state index in [0.29, 0.717) is 17.0 Å². The Labute approximate surface area is 135 Å². The number of rotatable bonds is 5. The number of hydrogen-bond donors (Lipinski definition) is 2. The highest BCUT2D eigenvalue weighted by molar-refractivity contribution is 7.89. The van der Waals surface area contributed by atoms with E-state index in [1.807, 2.05) is 25.1 Å². The highest BCUT2D eigenvalue weighted by atomic mass is 32.2. The lowest BCUT2D eigenvalue weighted by molar-refractivity contribution is -0.118. The first-order valence-corrected chi connectivity index (χ1v) is 8.43. The Morgan fingerprint density at radius 1 is 1.17 bits per heavy atom. The van der Waals surface area contributed by atoms with Gasteiger partial charge in [0.15, 0.2) is 6.61 Å². The van der Waals surface area contributed by atoms with Crippen LogP contribution in [0.25, 0.3) is 0 Å². The quantitative estimate of drug-likeness (QED) is 0.873. The van der Waals surface area contributed by atoms with Gasteiger partial charge in [0.2, 0.25) is 10.0 Å². The molecule has 0 radical (unpaired) electrons. The molecule has 1 amide bonds. The second-order valence-corrected chi connectivity index (χ2v) is 6.71. The van der Waals surface area contributed by atoms with E-state index in [2.05, 4.69) is 5.32 Å². The summed E-state index contributed by atoms with van der Waals surface area (Å²) in [4.78, 5) is 11.9. The number of nitrogens with one attached hydrogen (secondary N) is 1. The third-order valence-corrected chi connectivity index (χ3v) is 4.19. The Hall–Kier alpha value is -2.38. The van der Waals surface area contributed by atoms with Crippen LogP contribution in [0, 0.1) is 13.8 Å². The first kappa shape index (κ1) is 17.0. The summed E-state index contributed by atoms with van der Waals surface area (Å²) >= 11 is 0. The zero-order valence-electron chi connectivity index (χ0n) is 12.9. The fourth-order valence-electron chi connectivity index (χ4n) is 2.04. The average molecular weight is 334 g/mol. The molecular formula is C16H18N2O4S. The van der Waals surface area contributed by atoms with Crippen LogP contribution >= 0.6 is 0 Å². The van der Waals surface area contributed by atoms with Crippen LogP contribution in [0.5, 0.6) is 5.75 Å². The van der Waals surface area contributed by atoms with E-state index in [1.54, 1.807) is 25.1 Å². The minimum Gasteiger partial charge on any atom is -0.484 e. The molecule has 0 fully saturated rings. The molecular weight excluding hydrogens is 316 g/mol. The van der Waals surface area contributed by atoms with Gasteiger partial charge in [-0.25, -0.2) is 13.6 Å². The molecule has 122 valence electrons. The summed E-state index contributed by atoms with van der Waals surface area (Å²) in [6.45, 7) is 3.38. The van der Waals surface area contributed by atoms with Gasteiger partial charge in [-0.3, -0.25) is 4.79 Å². The van der Waals surface area contributed by atoms with Crippen LogP contribution in [0.15, 0.2) is 47.4 Å². The van der Waals surface area contributed by atoms with Gasteiger partial charge in [0.25, 0.3) is 5.91 Å². The molecule has 0 aliphatic carbocycles. The van der Waals surface area contributed by atoms with Crippen LogP contribution in [0.2, 0.25) is 0 Å². The van der Waals surface area contributed by atoms with Crippen LogP contribution < -0.4 is 15.2 Å². The van der Waals surface area contributed by atoms with Gasteiger partial charge in [-0.2, -0.15) is 0 Å². The maximum atomic E-state index is 11.9. The maximum Gasteiger partial charge on any atom is 0.262 e. The minimum atomic E-state index is -3.83. The van der Waals surface area contributed by atoms with Crippen molar-refractivity contribution in [2.75, 3.05) is 11.9 Å². The van der Waals surface area contributed by atoms with Gasteiger partial charge in [0.05, 0.1) is 4.90 Å². The lowest BCUT2D eigenvalue weighted by Crippen LogP contribution is -2.21. The van der Waals surface area contributed by atoms with Crippen molar-refractivity contribution in [1.82, 2.24) is 0 Å². The Morgan fingerprint density at radius 2 is 1.91 bits per heavy atom. The highest BCUT2D eigenvalue weighted by Gasteiger charge is 2.13. The van der Waals surface area contributed by atoms with Crippen molar-refractivity contribution in [3.63, 3.8) is 0 Å². The normalized spacial score (nSPS) is 11.1. The Kier molecular flexibility index (Phi) is 5.02. The Balaban J connectivity index is 2.03. The summed E-state index contributed by atoms with van der Waals surface area (Å²) in [7, 11) is -3.83. The molecule has 0 bridgehead atoms. The summed E-state index contributed by atoms with van der Waals surface area (Å²) in [6, 6.07) is 11.8. The van der Waals surface area contributed by atoms with Crippen LogP contribution in [0.1, 0.15) is 11.1 Å². The first-order chi connectivity index (χ1) is 10.8. The summed E-state index contributed by atoms with van der Waals surface area (Å²) in [5, 5.41) is 7.72. The van der Waals surface area contributed by atoms with Gasteiger partial charge in [-0.1, -0.05) is 18.2 Å².